The van der Waals surface area contributed by atoms with Gasteiger partial charge in [-0.3, -0.25) is 9.69 Å². The molecule has 2 aromatic rings. The number of hydrogen-bond acceptors (Lipinski definition) is 4. The fraction of sp³-hybridized carbons (Fsp3) is 0.389. The fourth-order valence-electron chi connectivity index (χ4n) is 3.03. The molecule has 0 saturated heterocycles. The van der Waals surface area contributed by atoms with Gasteiger partial charge in [0.1, 0.15) is 0 Å². The summed E-state index contributed by atoms with van der Waals surface area (Å²) >= 11 is 1.73. The van der Waals surface area contributed by atoms with E-state index in [4.69, 9.17) is 0 Å². The second-order valence-corrected chi connectivity index (χ2v) is 6.73. The highest BCUT2D eigenvalue weighted by Gasteiger charge is 2.16. The van der Waals surface area contributed by atoms with Crippen LogP contribution in [0.3, 0.4) is 0 Å². The number of amides is 1. The largest absolute Gasteiger partial charge is 0.384 e. The Kier molecular flexibility index (Phi) is 5.31. The maximum Gasteiger partial charge on any atom is 0.216 e. The van der Waals surface area contributed by atoms with Gasteiger partial charge in [0.2, 0.25) is 5.91 Å². The Morgan fingerprint density at radius 2 is 2.26 bits per heavy atom. The third-order valence-electron chi connectivity index (χ3n) is 4.12. The van der Waals surface area contributed by atoms with Crippen molar-refractivity contribution in [3.63, 3.8) is 0 Å². The van der Waals surface area contributed by atoms with Crippen LogP contribution < -0.4 is 10.6 Å². The van der Waals surface area contributed by atoms with Crippen LogP contribution in [-0.2, 0) is 24.3 Å². The molecule has 0 atom stereocenters. The van der Waals surface area contributed by atoms with Gasteiger partial charge in [0.15, 0.2) is 0 Å². The number of rotatable bonds is 7. The minimum atomic E-state index is 0.0303. The van der Waals surface area contributed by atoms with Crippen LogP contribution in [0.25, 0.3) is 0 Å². The Labute approximate surface area is 141 Å². The summed E-state index contributed by atoms with van der Waals surface area (Å²) < 4.78 is 0. The first-order valence-corrected chi connectivity index (χ1v) is 8.99. The first kappa shape index (κ1) is 16.0. The summed E-state index contributed by atoms with van der Waals surface area (Å²) in [6.07, 6.45) is 1.11. The van der Waals surface area contributed by atoms with Crippen molar-refractivity contribution in [2.45, 2.75) is 26.4 Å². The molecule has 0 spiro atoms. The minimum Gasteiger partial charge on any atom is -0.384 e. The van der Waals surface area contributed by atoms with E-state index in [0.29, 0.717) is 6.54 Å². The van der Waals surface area contributed by atoms with E-state index in [1.807, 2.05) is 0 Å². The van der Waals surface area contributed by atoms with Gasteiger partial charge in [-0.25, -0.2) is 0 Å². The summed E-state index contributed by atoms with van der Waals surface area (Å²) in [6.45, 7) is 5.93. The summed E-state index contributed by atoms with van der Waals surface area (Å²) in [6, 6.07) is 8.73. The number of nitrogens with one attached hydrogen (secondary N) is 2. The minimum absolute atomic E-state index is 0.0303. The first-order valence-electron chi connectivity index (χ1n) is 8.05. The number of carbonyl (C=O) groups excluding carboxylic acids is 1. The first-order chi connectivity index (χ1) is 11.2. The fourth-order valence-corrected chi connectivity index (χ4v) is 3.69. The monoisotopic (exact) mass is 329 g/mol. The van der Waals surface area contributed by atoms with Crippen molar-refractivity contribution in [1.82, 2.24) is 10.2 Å². The van der Waals surface area contributed by atoms with Crippen molar-refractivity contribution in [2.24, 2.45) is 0 Å². The van der Waals surface area contributed by atoms with Crippen molar-refractivity contribution < 1.29 is 4.79 Å². The Balaban J connectivity index is 1.70. The van der Waals surface area contributed by atoms with Crippen molar-refractivity contribution in [3.05, 3.63) is 51.7 Å². The molecule has 4 nitrogen and oxygen atoms in total. The lowest BCUT2D eigenvalue weighted by Gasteiger charge is -2.23. The summed E-state index contributed by atoms with van der Waals surface area (Å²) in [5, 5.41) is 10.7. The van der Waals surface area contributed by atoms with Crippen LogP contribution in [0, 0.1) is 0 Å². The molecule has 0 bridgehead atoms. The predicted octanol–water partition coefficient (Wildman–Crippen LogP) is 2.85. The van der Waals surface area contributed by atoms with Gasteiger partial charge >= 0.3 is 0 Å². The van der Waals surface area contributed by atoms with Crippen LogP contribution in [0.4, 0.5) is 5.69 Å². The number of benzene rings is 1. The SMILES string of the molecule is CC(=O)NCCN(Cc1ccsc1)Cc1cccc2c1NCC2. The Morgan fingerprint density at radius 1 is 1.35 bits per heavy atom. The highest BCUT2D eigenvalue weighted by molar-refractivity contribution is 7.07. The van der Waals surface area contributed by atoms with E-state index in [2.05, 4.69) is 50.6 Å². The summed E-state index contributed by atoms with van der Waals surface area (Å²) in [5.74, 6) is 0.0303. The van der Waals surface area contributed by atoms with Crippen molar-refractivity contribution in [2.75, 3.05) is 25.0 Å². The number of nitrogens with zero attached hydrogens (tertiary/aromatic N) is 1. The van der Waals surface area contributed by atoms with Crippen LogP contribution in [0.1, 0.15) is 23.6 Å². The van der Waals surface area contributed by atoms with Gasteiger partial charge in [-0.05, 0) is 39.9 Å². The molecule has 122 valence electrons. The van der Waals surface area contributed by atoms with Crippen LogP contribution in [0.5, 0.6) is 0 Å². The van der Waals surface area contributed by atoms with E-state index < -0.39 is 0 Å². The Hall–Kier alpha value is -1.85. The van der Waals surface area contributed by atoms with E-state index in [1.54, 1.807) is 18.3 Å². The van der Waals surface area contributed by atoms with E-state index in [1.165, 1.54) is 22.4 Å². The number of hydrogen-bond donors (Lipinski definition) is 2. The molecule has 0 aliphatic carbocycles. The van der Waals surface area contributed by atoms with Gasteiger partial charge in [-0.1, -0.05) is 18.2 Å². The van der Waals surface area contributed by atoms with Crippen molar-refractivity contribution >= 4 is 22.9 Å². The topological polar surface area (TPSA) is 44.4 Å². The summed E-state index contributed by atoms with van der Waals surface area (Å²) in [7, 11) is 0. The molecular formula is C18H23N3OS. The van der Waals surface area contributed by atoms with Gasteiger partial charge in [-0.2, -0.15) is 11.3 Å². The quantitative estimate of drug-likeness (QED) is 0.821. The van der Waals surface area contributed by atoms with E-state index >= 15 is 0 Å². The number of carbonyl (C=O) groups is 1. The average molecular weight is 329 g/mol. The molecular weight excluding hydrogens is 306 g/mol. The second kappa shape index (κ2) is 7.62. The molecule has 1 aliphatic rings. The lowest BCUT2D eigenvalue weighted by Crippen LogP contribution is -2.33. The molecule has 1 aromatic heterocycles. The van der Waals surface area contributed by atoms with E-state index in [0.717, 1.165) is 32.6 Å². The van der Waals surface area contributed by atoms with Crippen LogP contribution in [0.15, 0.2) is 35.0 Å². The van der Waals surface area contributed by atoms with Gasteiger partial charge in [0.25, 0.3) is 0 Å². The summed E-state index contributed by atoms with van der Waals surface area (Å²) in [5.41, 5.74) is 5.40. The number of thiophene rings is 1. The molecule has 1 amide bonds. The molecule has 5 heteroatoms. The summed E-state index contributed by atoms with van der Waals surface area (Å²) in [4.78, 5) is 13.5. The van der Waals surface area contributed by atoms with E-state index in [9.17, 15) is 4.79 Å². The Bertz CT molecular complexity index is 654. The lowest BCUT2D eigenvalue weighted by atomic mass is 10.1. The molecule has 2 N–H and O–H groups in total. The normalized spacial score (nSPS) is 13.0. The zero-order valence-electron chi connectivity index (χ0n) is 13.5. The van der Waals surface area contributed by atoms with E-state index in [-0.39, 0.29) is 5.91 Å². The smallest absolute Gasteiger partial charge is 0.216 e. The molecule has 1 aliphatic heterocycles. The molecule has 0 fully saturated rings. The van der Waals surface area contributed by atoms with Crippen molar-refractivity contribution in [3.8, 4) is 0 Å². The standard InChI is InChI=1S/C18H23N3OS/c1-14(22)19-8-9-21(11-15-6-10-23-13-15)12-17-4-2-3-16-5-7-20-18(16)17/h2-4,6,10,13,20H,5,7-9,11-12H2,1H3,(H,19,22). The van der Waals surface area contributed by atoms with Crippen molar-refractivity contribution in [1.29, 1.82) is 0 Å². The zero-order valence-corrected chi connectivity index (χ0v) is 14.3. The van der Waals surface area contributed by atoms with Crippen LogP contribution >= 0.6 is 11.3 Å². The molecule has 0 saturated carbocycles. The zero-order chi connectivity index (χ0) is 16.1. The van der Waals surface area contributed by atoms with Gasteiger partial charge < -0.3 is 10.6 Å². The lowest BCUT2D eigenvalue weighted by molar-refractivity contribution is -0.119. The van der Waals surface area contributed by atoms with Gasteiger partial charge in [0, 0.05) is 45.3 Å². The molecule has 0 radical (unpaired) electrons. The van der Waals surface area contributed by atoms with Gasteiger partial charge in [-0.15, -0.1) is 0 Å². The number of para-hydroxylation sites is 1. The molecule has 23 heavy (non-hydrogen) atoms. The Morgan fingerprint density at radius 3 is 3.04 bits per heavy atom. The number of anilines is 1. The van der Waals surface area contributed by atoms with Gasteiger partial charge in [0.05, 0.1) is 0 Å². The molecule has 2 heterocycles. The predicted molar refractivity (Wildman–Crippen MR) is 95.8 cm³/mol. The highest BCUT2D eigenvalue weighted by atomic mass is 32.1. The maximum absolute atomic E-state index is 11.1. The molecule has 3 rings (SSSR count). The third-order valence-corrected chi connectivity index (χ3v) is 4.85. The molecule has 0 unspecified atom stereocenters. The van der Waals surface area contributed by atoms with Crippen LogP contribution in [-0.4, -0.2) is 30.4 Å². The average Bonchev–Trinajstić information content (AvgIpc) is 3.18. The maximum atomic E-state index is 11.1. The van der Waals surface area contributed by atoms with Crippen LogP contribution in [0.2, 0.25) is 0 Å². The molecule has 1 aromatic carbocycles. The second-order valence-electron chi connectivity index (χ2n) is 5.95. The third kappa shape index (κ3) is 4.33. The highest BCUT2D eigenvalue weighted by Crippen LogP contribution is 2.27. The number of fused-ring (bicyclic) bond motifs is 1.